The molecule has 0 bridgehead atoms. The lowest BCUT2D eigenvalue weighted by molar-refractivity contribution is 0.103. The van der Waals surface area contributed by atoms with Crippen LogP contribution < -0.4 is 11.1 Å². The number of amides is 1. The molecule has 19 heavy (non-hydrogen) atoms. The van der Waals surface area contributed by atoms with Gasteiger partial charge in [0, 0.05) is 15.0 Å². The van der Waals surface area contributed by atoms with Gasteiger partial charge in [-0.2, -0.15) is 5.26 Å². The van der Waals surface area contributed by atoms with Gasteiger partial charge in [-0.3, -0.25) is 4.79 Å². The zero-order valence-electron chi connectivity index (χ0n) is 10.0. The van der Waals surface area contributed by atoms with Crippen LogP contribution in [0.3, 0.4) is 0 Å². The van der Waals surface area contributed by atoms with Gasteiger partial charge < -0.3 is 11.1 Å². The van der Waals surface area contributed by atoms with Gasteiger partial charge in [0.25, 0.3) is 5.91 Å². The summed E-state index contributed by atoms with van der Waals surface area (Å²) >= 11 is 4.67. The van der Waals surface area contributed by atoms with E-state index in [4.69, 9.17) is 11.0 Å². The Bertz CT molecular complexity index is 668. The zero-order valence-corrected chi connectivity index (χ0v) is 12.4. The number of nitrogens with one attached hydrogen (secondary N) is 1. The summed E-state index contributed by atoms with van der Waals surface area (Å²) in [5.74, 6) is -0.213. The van der Waals surface area contributed by atoms with E-state index in [-0.39, 0.29) is 5.91 Å². The van der Waals surface area contributed by atoms with Crippen LogP contribution in [0.4, 0.5) is 11.4 Å². The number of thiophene rings is 1. The van der Waals surface area contributed by atoms with Crippen molar-refractivity contribution in [3.63, 3.8) is 0 Å². The zero-order chi connectivity index (χ0) is 14.0. The first-order valence-corrected chi connectivity index (χ1v) is 6.99. The molecule has 1 heterocycles. The summed E-state index contributed by atoms with van der Waals surface area (Å²) in [5, 5.41) is 11.6. The highest BCUT2D eigenvalue weighted by Gasteiger charge is 2.12. The van der Waals surface area contributed by atoms with Crippen LogP contribution in [0.15, 0.2) is 28.7 Å². The standard InChI is InChI=1S/C13H10BrN3OS/c1-7-10(16)5-12(19-7)13(18)17-11-3-2-8(6-15)4-9(11)14/h2-5H,16H2,1H3,(H,17,18). The number of nitriles is 1. The van der Waals surface area contributed by atoms with Gasteiger partial charge in [-0.1, -0.05) is 0 Å². The fourth-order valence-electron chi connectivity index (χ4n) is 1.48. The lowest BCUT2D eigenvalue weighted by Gasteiger charge is -2.06. The van der Waals surface area contributed by atoms with Crippen LogP contribution in [-0.2, 0) is 0 Å². The molecule has 0 aliphatic heterocycles. The Morgan fingerprint density at radius 1 is 1.47 bits per heavy atom. The average molecular weight is 336 g/mol. The maximum Gasteiger partial charge on any atom is 0.265 e. The number of halogens is 1. The largest absolute Gasteiger partial charge is 0.398 e. The minimum Gasteiger partial charge on any atom is -0.398 e. The molecule has 1 aromatic carbocycles. The van der Waals surface area contributed by atoms with E-state index in [1.54, 1.807) is 24.3 Å². The summed E-state index contributed by atoms with van der Waals surface area (Å²) in [6.07, 6.45) is 0. The molecule has 0 unspecified atom stereocenters. The van der Waals surface area contributed by atoms with Crippen molar-refractivity contribution in [3.8, 4) is 6.07 Å². The highest BCUT2D eigenvalue weighted by molar-refractivity contribution is 9.10. The van der Waals surface area contributed by atoms with Crippen molar-refractivity contribution < 1.29 is 4.79 Å². The van der Waals surface area contributed by atoms with E-state index in [0.29, 0.717) is 26.3 Å². The number of hydrogen-bond acceptors (Lipinski definition) is 4. The lowest BCUT2D eigenvalue weighted by Crippen LogP contribution is -2.10. The molecule has 1 aromatic heterocycles. The summed E-state index contributed by atoms with van der Waals surface area (Å²) in [7, 11) is 0. The van der Waals surface area contributed by atoms with Gasteiger partial charge in [-0.25, -0.2) is 0 Å². The number of benzene rings is 1. The third-order valence-corrected chi connectivity index (χ3v) is 4.25. The van der Waals surface area contributed by atoms with Crippen molar-refractivity contribution in [1.29, 1.82) is 5.26 Å². The minimum atomic E-state index is -0.213. The number of anilines is 2. The maximum atomic E-state index is 12.0. The first-order valence-electron chi connectivity index (χ1n) is 5.38. The van der Waals surface area contributed by atoms with Crippen molar-refractivity contribution >= 4 is 44.5 Å². The number of nitrogen functional groups attached to an aromatic ring is 1. The monoisotopic (exact) mass is 335 g/mol. The van der Waals surface area contributed by atoms with Gasteiger partial charge in [0.1, 0.15) is 0 Å². The van der Waals surface area contributed by atoms with Gasteiger partial charge in [0.15, 0.2) is 0 Å². The smallest absolute Gasteiger partial charge is 0.265 e. The molecule has 96 valence electrons. The Morgan fingerprint density at radius 3 is 2.74 bits per heavy atom. The number of carbonyl (C=O) groups is 1. The number of aryl methyl sites for hydroxylation is 1. The topological polar surface area (TPSA) is 78.9 Å². The van der Waals surface area contributed by atoms with Gasteiger partial charge in [0.05, 0.1) is 22.2 Å². The molecule has 0 atom stereocenters. The molecule has 0 spiro atoms. The lowest BCUT2D eigenvalue weighted by atomic mass is 10.2. The van der Waals surface area contributed by atoms with Crippen LogP contribution in [0.2, 0.25) is 0 Å². The van der Waals surface area contributed by atoms with Gasteiger partial charge in [-0.05, 0) is 47.1 Å². The van der Waals surface area contributed by atoms with Crippen LogP contribution in [0.1, 0.15) is 20.1 Å². The fourth-order valence-corrected chi connectivity index (χ4v) is 2.79. The molecule has 2 rings (SSSR count). The molecule has 1 amide bonds. The quantitative estimate of drug-likeness (QED) is 0.881. The summed E-state index contributed by atoms with van der Waals surface area (Å²) in [4.78, 5) is 13.5. The third-order valence-electron chi connectivity index (χ3n) is 2.53. The van der Waals surface area contributed by atoms with E-state index in [1.165, 1.54) is 11.3 Å². The minimum absolute atomic E-state index is 0.213. The number of nitrogens with zero attached hydrogens (tertiary/aromatic N) is 1. The van der Waals surface area contributed by atoms with Crippen molar-refractivity contribution in [2.75, 3.05) is 11.1 Å². The summed E-state index contributed by atoms with van der Waals surface area (Å²) in [6.45, 7) is 1.87. The molecule has 2 aromatic rings. The van der Waals surface area contributed by atoms with E-state index >= 15 is 0 Å². The second kappa shape index (κ2) is 5.43. The Morgan fingerprint density at radius 2 is 2.21 bits per heavy atom. The average Bonchev–Trinajstić information content (AvgIpc) is 2.72. The number of rotatable bonds is 2. The molecule has 3 N–H and O–H groups in total. The highest BCUT2D eigenvalue weighted by atomic mass is 79.9. The van der Waals surface area contributed by atoms with Gasteiger partial charge >= 0.3 is 0 Å². The Labute approximate surface area is 123 Å². The van der Waals surface area contributed by atoms with Crippen molar-refractivity contribution in [2.24, 2.45) is 0 Å². The number of carbonyl (C=O) groups excluding carboxylic acids is 1. The Kier molecular flexibility index (Phi) is 3.88. The van der Waals surface area contributed by atoms with Crippen molar-refractivity contribution in [2.45, 2.75) is 6.92 Å². The summed E-state index contributed by atoms with van der Waals surface area (Å²) in [5.41, 5.74) is 7.49. The predicted octanol–water partition coefficient (Wildman–Crippen LogP) is 3.53. The van der Waals surface area contributed by atoms with Crippen molar-refractivity contribution in [3.05, 3.63) is 44.1 Å². The molecule has 0 aliphatic carbocycles. The van der Waals surface area contributed by atoms with E-state index in [2.05, 4.69) is 21.2 Å². The van der Waals surface area contributed by atoms with Gasteiger partial charge in [-0.15, -0.1) is 11.3 Å². The van der Waals surface area contributed by atoms with Crippen LogP contribution in [0.25, 0.3) is 0 Å². The number of hydrogen-bond donors (Lipinski definition) is 2. The SMILES string of the molecule is Cc1sc(C(=O)Nc2ccc(C#N)cc2Br)cc1N. The summed E-state index contributed by atoms with van der Waals surface area (Å²) < 4.78 is 0.668. The molecule has 6 heteroatoms. The predicted molar refractivity (Wildman–Crippen MR) is 80.3 cm³/mol. The van der Waals surface area contributed by atoms with Gasteiger partial charge in [0.2, 0.25) is 0 Å². The van der Waals surface area contributed by atoms with E-state index in [0.717, 1.165) is 4.88 Å². The Hall–Kier alpha value is -1.84. The first kappa shape index (κ1) is 13.6. The normalized spacial score (nSPS) is 9.95. The highest BCUT2D eigenvalue weighted by Crippen LogP contribution is 2.27. The molecular formula is C13H10BrN3OS. The molecule has 0 saturated carbocycles. The van der Waals surface area contributed by atoms with E-state index < -0.39 is 0 Å². The second-order valence-electron chi connectivity index (χ2n) is 3.88. The first-order chi connectivity index (χ1) is 9.01. The molecular weight excluding hydrogens is 326 g/mol. The van der Waals surface area contributed by atoms with Crippen molar-refractivity contribution in [1.82, 2.24) is 0 Å². The molecule has 4 nitrogen and oxygen atoms in total. The number of nitrogens with two attached hydrogens (primary N) is 1. The third kappa shape index (κ3) is 2.95. The Balaban J connectivity index is 2.22. The second-order valence-corrected chi connectivity index (χ2v) is 5.99. The molecule has 0 saturated heterocycles. The van der Waals surface area contributed by atoms with E-state index in [1.807, 2.05) is 13.0 Å². The summed E-state index contributed by atoms with van der Waals surface area (Å²) in [6, 6.07) is 8.68. The van der Waals surface area contributed by atoms with E-state index in [9.17, 15) is 4.79 Å². The molecule has 0 radical (unpaired) electrons. The van der Waals surface area contributed by atoms with Crippen LogP contribution in [0, 0.1) is 18.3 Å². The van der Waals surface area contributed by atoms with Crippen LogP contribution in [-0.4, -0.2) is 5.91 Å². The molecule has 0 aliphatic rings. The fraction of sp³-hybridized carbons (Fsp3) is 0.0769. The maximum absolute atomic E-state index is 12.0. The van der Waals surface area contributed by atoms with Crippen LogP contribution in [0.5, 0.6) is 0 Å². The van der Waals surface area contributed by atoms with Crippen LogP contribution >= 0.6 is 27.3 Å². The molecule has 0 fully saturated rings.